The Morgan fingerprint density at radius 2 is 0.946 bits per heavy atom. The lowest BCUT2D eigenvalue weighted by molar-refractivity contribution is -0.144. The van der Waals surface area contributed by atoms with Crippen molar-refractivity contribution in [2.45, 2.75) is 39.7 Å². The van der Waals surface area contributed by atoms with Crippen molar-refractivity contribution in [3.05, 3.63) is 0 Å². The van der Waals surface area contributed by atoms with E-state index in [9.17, 15) is 9.59 Å². The normalized spacial score (nSPS) is 11.5. The van der Waals surface area contributed by atoms with Crippen molar-refractivity contribution in [3.63, 3.8) is 0 Å². The second-order valence-corrected chi connectivity index (χ2v) is 8.74. The van der Waals surface area contributed by atoms with E-state index in [4.69, 9.17) is 42.6 Å². The summed E-state index contributed by atoms with van der Waals surface area (Å²) >= 11 is 0. The van der Waals surface area contributed by atoms with Crippen LogP contribution in [0.25, 0.3) is 0 Å². The lowest BCUT2D eigenvalue weighted by Crippen LogP contribution is -2.36. The predicted octanol–water partition coefficient (Wildman–Crippen LogP) is 1.92. The fourth-order valence-electron chi connectivity index (χ4n) is 2.44. The summed E-state index contributed by atoms with van der Waals surface area (Å²) in [5, 5.41) is 0. The Morgan fingerprint density at radius 1 is 0.595 bits per heavy atom. The molecule has 0 aromatic heterocycles. The Balaban J connectivity index is 3.21. The van der Waals surface area contributed by atoms with Crippen LogP contribution in [0.5, 0.6) is 0 Å². The molecule has 0 aromatic rings. The molecule has 220 valence electrons. The molecule has 12 heteroatoms. The molecule has 0 N–H and O–H groups in total. The van der Waals surface area contributed by atoms with Crippen LogP contribution in [0.15, 0.2) is 0 Å². The van der Waals surface area contributed by atoms with E-state index in [0.717, 1.165) is 0 Å². The van der Waals surface area contributed by atoms with Crippen molar-refractivity contribution >= 4 is 12.1 Å². The number of hydrogen-bond donors (Lipinski definition) is 0. The number of ether oxygens (including phenoxy) is 9. The standard InChI is InChI=1S/C25H49NO11/c1-6-36-23(27)7-9-29-11-13-31-15-17-33-19-21-35-22-20-34-18-16-32-14-12-30-10-8-26(5)24(28)37-25(2,3)4/h6-22H2,1-5H3. The van der Waals surface area contributed by atoms with Crippen molar-refractivity contribution in [2.75, 3.05) is 113 Å². The molecule has 0 unspecified atom stereocenters. The predicted molar refractivity (Wildman–Crippen MR) is 136 cm³/mol. The first-order valence-electron chi connectivity index (χ1n) is 12.9. The molecule has 0 aliphatic rings. The van der Waals surface area contributed by atoms with E-state index >= 15 is 0 Å². The smallest absolute Gasteiger partial charge is 0.410 e. The number of likely N-dealkylation sites (N-methyl/N-ethyl adjacent to an activating group) is 1. The Kier molecular flexibility index (Phi) is 23.7. The molecule has 0 bridgehead atoms. The highest BCUT2D eigenvalue weighted by Crippen LogP contribution is 2.08. The summed E-state index contributed by atoms with van der Waals surface area (Å²) in [6, 6.07) is 0. The fourth-order valence-corrected chi connectivity index (χ4v) is 2.44. The van der Waals surface area contributed by atoms with Crippen molar-refractivity contribution in [2.24, 2.45) is 0 Å². The lowest BCUT2D eigenvalue weighted by atomic mass is 10.2. The monoisotopic (exact) mass is 539 g/mol. The van der Waals surface area contributed by atoms with Gasteiger partial charge in [-0.15, -0.1) is 0 Å². The molecule has 0 radical (unpaired) electrons. The Bertz CT molecular complexity index is 543. The minimum Gasteiger partial charge on any atom is -0.466 e. The van der Waals surface area contributed by atoms with Gasteiger partial charge in [-0.25, -0.2) is 4.79 Å². The van der Waals surface area contributed by atoms with Gasteiger partial charge >= 0.3 is 12.1 Å². The van der Waals surface area contributed by atoms with Gasteiger partial charge in [0, 0.05) is 13.6 Å². The third-order valence-corrected chi connectivity index (χ3v) is 4.26. The molecule has 12 nitrogen and oxygen atoms in total. The quantitative estimate of drug-likeness (QED) is 0.125. The minimum atomic E-state index is -0.508. The third kappa shape index (κ3) is 27.3. The molecule has 0 aromatic carbocycles. The molecule has 0 fully saturated rings. The highest BCUT2D eigenvalue weighted by molar-refractivity contribution is 5.69. The van der Waals surface area contributed by atoms with Gasteiger partial charge < -0.3 is 47.5 Å². The zero-order chi connectivity index (χ0) is 27.6. The molecule has 0 spiro atoms. The zero-order valence-electron chi connectivity index (χ0n) is 23.5. The van der Waals surface area contributed by atoms with Gasteiger partial charge in [0.1, 0.15) is 5.60 Å². The van der Waals surface area contributed by atoms with Gasteiger partial charge in [0.2, 0.25) is 0 Å². The SMILES string of the molecule is CCOC(=O)CCOCCOCCOCCOCCOCCOCCOCCN(C)C(=O)OC(C)(C)C. The number of amides is 1. The van der Waals surface area contributed by atoms with E-state index in [1.54, 1.807) is 14.0 Å². The molecule has 0 aliphatic heterocycles. The van der Waals surface area contributed by atoms with Crippen LogP contribution in [0, 0.1) is 0 Å². The van der Waals surface area contributed by atoms with E-state index in [2.05, 4.69) is 0 Å². The topological polar surface area (TPSA) is 120 Å². The molecule has 1 amide bonds. The molecule has 0 aliphatic carbocycles. The summed E-state index contributed by atoms with van der Waals surface area (Å²) in [6.45, 7) is 14.5. The number of hydrogen-bond acceptors (Lipinski definition) is 11. The third-order valence-electron chi connectivity index (χ3n) is 4.26. The van der Waals surface area contributed by atoms with Crippen LogP contribution in [0.3, 0.4) is 0 Å². The summed E-state index contributed by atoms with van der Waals surface area (Å²) in [7, 11) is 1.68. The van der Waals surface area contributed by atoms with Crippen molar-refractivity contribution < 1.29 is 52.2 Å². The molecular formula is C25H49NO11. The Morgan fingerprint density at radius 3 is 1.30 bits per heavy atom. The van der Waals surface area contributed by atoms with E-state index in [1.165, 1.54) is 4.90 Å². The van der Waals surface area contributed by atoms with E-state index in [1.807, 2.05) is 20.8 Å². The average Bonchev–Trinajstić information content (AvgIpc) is 2.83. The maximum absolute atomic E-state index is 11.8. The number of carbonyl (C=O) groups excluding carboxylic acids is 2. The van der Waals surface area contributed by atoms with Crippen LogP contribution in [-0.2, 0) is 47.4 Å². The van der Waals surface area contributed by atoms with Crippen LogP contribution in [0.2, 0.25) is 0 Å². The highest BCUT2D eigenvalue weighted by atomic mass is 16.6. The molecule has 37 heavy (non-hydrogen) atoms. The van der Waals surface area contributed by atoms with Crippen LogP contribution in [0.4, 0.5) is 4.79 Å². The van der Waals surface area contributed by atoms with E-state index in [0.29, 0.717) is 106 Å². The second-order valence-electron chi connectivity index (χ2n) is 8.74. The summed E-state index contributed by atoms with van der Waals surface area (Å²) in [6.07, 6.45) is -0.112. The average molecular weight is 540 g/mol. The second kappa shape index (κ2) is 24.8. The minimum absolute atomic E-state index is 0.253. The Hall–Kier alpha value is -1.54. The number of nitrogens with zero attached hydrogens (tertiary/aromatic N) is 1. The van der Waals surface area contributed by atoms with Gasteiger partial charge in [0.05, 0.1) is 106 Å². The van der Waals surface area contributed by atoms with Crippen LogP contribution in [0.1, 0.15) is 34.1 Å². The molecule has 0 saturated carbocycles. The van der Waals surface area contributed by atoms with Crippen molar-refractivity contribution in [1.29, 1.82) is 0 Å². The fraction of sp³-hybridized carbons (Fsp3) is 0.920. The Labute approximate surface area is 222 Å². The van der Waals surface area contributed by atoms with E-state index < -0.39 is 5.60 Å². The van der Waals surface area contributed by atoms with Crippen LogP contribution >= 0.6 is 0 Å². The summed E-state index contributed by atoms with van der Waals surface area (Å²) < 4.78 is 47.9. The van der Waals surface area contributed by atoms with Gasteiger partial charge in [0.25, 0.3) is 0 Å². The maximum Gasteiger partial charge on any atom is 0.410 e. The van der Waals surface area contributed by atoms with Gasteiger partial charge in [-0.3, -0.25) is 4.79 Å². The van der Waals surface area contributed by atoms with Crippen molar-refractivity contribution in [1.82, 2.24) is 4.90 Å². The number of carbonyl (C=O) groups is 2. The molecule has 0 rings (SSSR count). The first kappa shape index (κ1) is 35.5. The molecular weight excluding hydrogens is 490 g/mol. The van der Waals surface area contributed by atoms with Gasteiger partial charge in [-0.2, -0.15) is 0 Å². The molecule has 0 saturated heterocycles. The van der Waals surface area contributed by atoms with Crippen LogP contribution < -0.4 is 0 Å². The molecule has 0 heterocycles. The highest BCUT2D eigenvalue weighted by Gasteiger charge is 2.19. The lowest BCUT2D eigenvalue weighted by Gasteiger charge is -2.24. The maximum atomic E-state index is 11.8. The summed E-state index contributed by atoms with van der Waals surface area (Å²) in [5.41, 5.74) is -0.508. The van der Waals surface area contributed by atoms with Crippen LogP contribution in [-0.4, -0.2) is 135 Å². The van der Waals surface area contributed by atoms with Crippen molar-refractivity contribution in [3.8, 4) is 0 Å². The van der Waals surface area contributed by atoms with Gasteiger partial charge in [0.15, 0.2) is 0 Å². The van der Waals surface area contributed by atoms with E-state index in [-0.39, 0.29) is 18.5 Å². The van der Waals surface area contributed by atoms with Gasteiger partial charge in [-0.1, -0.05) is 0 Å². The zero-order valence-corrected chi connectivity index (χ0v) is 23.5. The summed E-state index contributed by atoms with van der Waals surface area (Å²) in [5.74, 6) is -0.253. The molecule has 0 atom stereocenters. The number of esters is 1. The first-order valence-corrected chi connectivity index (χ1v) is 12.9. The number of rotatable bonds is 25. The largest absolute Gasteiger partial charge is 0.466 e. The summed E-state index contributed by atoms with van der Waals surface area (Å²) in [4.78, 5) is 24.4. The van der Waals surface area contributed by atoms with Gasteiger partial charge in [-0.05, 0) is 27.7 Å². The first-order chi connectivity index (χ1) is 17.8.